The van der Waals surface area contributed by atoms with Crippen molar-refractivity contribution in [2.45, 2.75) is 27.2 Å². The van der Waals surface area contributed by atoms with Crippen molar-refractivity contribution in [3.63, 3.8) is 0 Å². The van der Waals surface area contributed by atoms with E-state index in [1.54, 1.807) is 7.11 Å². The van der Waals surface area contributed by atoms with Crippen LogP contribution in [-0.2, 0) is 0 Å². The number of benzene rings is 1. The Morgan fingerprint density at radius 2 is 1.81 bits per heavy atom. The van der Waals surface area contributed by atoms with Gasteiger partial charge in [-0.2, -0.15) is 0 Å². The van der Waals surface area contributed by atoms with Crippen LogP contribution in [0.15, 0.2) is 66.3 Å². The molecule has 0 saturated heterocycles. The largest absolute Gasteiger partial charge is 0.497 e. The Bertz CT molecular complexity index is 525. The SMILES string of the molecule is C=C/C(C)=C\C(C=C(C)C)C/C=C/c1ccc(OC)cc1. The van der Waals surface area contributed by atoms with Crippen molar-refractivity contribution >= 4 is 6.08 Å². The lowest BCUT2D eigenvalue weighted by Crippen LogP contribution is -1.92. The van der Waals surface area contributed by atoms with Crippen LogP contribution in [0.25, 0.3) is 6.08 Å². The Morgan fingerprint density at radius 3 is 2.33 bits per heavy atom. The van der Waals surface area contributed by atoms with Gasteiger partial charge in [0.05, 0.1) is 7.11 Å². The first-order valence-electron chi connectivity index (χ1n) is 7.31. The number of ether oxygens (including phenoxy) is 1. The molecule has 1 unspecified atom stereocenters. The summed E-state index contributed by atoms with van der Waals surface area (Å²) in [5.41, 5.74) is 3.75. The van der Waals surface area contributed by atoms with Crippen LogP contribution in [-0.4, -0.2) is 7.11 Å². The lowest BCUT2D eigenvalue weighted by molar-refractivity contribution is 0.415. The van der Waals surface area contributed by atoms with Gasteiger partial charge in [0, 0.05) is 0 Å². The zero-order chi connectivity index (χ0) is 15.7. The molecule has 0 heterocycles. The summed E-state index contributed by atoms with van der Waals surface area (Å²) in [5.74, 6) is 1.31. The molecule has 112 valence electrons. The van der Waals surface area contributed by atoms with Crippen LogP contribution in [0.5, 0.6) is 5.75 Å². The second kappa shape index (κ2) is 9.02. The fourth-order valence-corrected chi connectivity index (χ4v) is 2.09. The summed E-state index contributed by atoms with van der Waals surface area (Å²) in [6, 6.07) is 8.09. The maximum atomic E-state index is 5.16. The lowest BCUT2D eigenvalue weighted by atomic mass is 9.99. The molecule has 0 bridgehead atoms. The predicted molar refractivity (Wildman–Crippen MR) is 93.5 cm³/mol. The molecule has 0 amide bonds. The Balaban J connectivity index is 2.73. The van der Waals surface area contributed by atoms with E-state index in [-0.39, 0.29) is 0 Å². The number of hydrogen-bond acceptors (Lipinski definition) is 1. The summed E-state index contributed by atoms with van der Waals surface area (Å²) in [6.45, 7) is 10.2. The van der Waals surface area contributed by atoms with Crippen LogP contribution in [0.2, 0.25) is 0 Å². The van der Waals surface area contributed by atoms with Crippen molar-refractivity contribution in [3.8, 4) is 5.75 Å². The van der Waals surface area contributed by atoms with Gasteiger partial charge < -0.3 is 4.74 Å². The van der Waals surface area contributed by atoms with E-state index in [1.165, 1.54) is 16.7 Å². The van der Waals surface area contributed by atoms with E-state index in [0.29, 0.717) is 5.92 Å². The molecular weight excluding hydrogens is 256 g/mol. The van der Waals surface area contributed by atoms with Gasteiger partial charge in [0.15, 0.2) is 0 Å². The molecule has 1 aromatic rings. The minimum atomic E-state index is 0.419. The molecule has 0 aliphatic rings. The zero-order valence-corrected chi connectivity index (χ0v) is 13.6. The summed E-state index contributed by atoms with van der Waals surface area (Å²) in [7, 11) is 1.68. The van der Waals surface area contributed by atoms with E-state index >= 15 is 0 Å². The lowest BCUT2D eigenvalue weighted by Gasteiger charge is -2.07. The molecule has 1 rings (SSSR count). The highest BCUT2D eigenvalue weighted by Gasteiger charge is 2.00. The van der Waals surface area contributed by atoms with Crippen molar-refractivity contribution < 1.29 is 4.74 Å². The average Bonchev–Trinajstić information content (AvgIpc) is 2.47. The van der Waals surface area contributed by atoms with Crippen molar-refractivity contribution in [2.24, 2.45) is 5.92 Å². The van der Waals surface area contributed by atoms with Crippen LogP contribution in [0.4, 0.5) is 0 Å². The number of rotatable bonds is 7. The number of methoxy groups -OCH3 is 1. The molecule has 1 nitrogen and oxygen atoms in total. The molecule has 0 aliphatic carbocycles. The summed E-state index contributed by atoms with van der Waals surface area (Å²) >= 11 is 0. The summed E-state index contributed by atoms with van der Waals surface area (Å²) < 4.78 is 5.16. The van der Waals surface area contributed by atoms with Crippen LogP contribution in [0, 0.1) is 5.92 Å². The van der Waals surface area contributed by atoms with Crippen LogP contribution < -0.4 is 4.74 Å². The van der Waals surface area contributed by atoms with Crippen LogP contribution >= 0.6 is 0 Å². The molecule has 0 radical (unpaired) electrons. The predicted octanol–water partition coefficient (Wildman–Crippen LogP) is 5.81. The first kappa shape index (κ1) is 17.0. The summed E-state index contributed by atoms with van der Waals surface area (Å²) in [6.07, 6.45) is 11.8. The molecule has 21 heavy (non-hydrogen) atoms. The molecule has 1 atom stereocenters. The first-order valence-corrected chi connectivity index (χ1v) is 7.31. The molecule has 0 N–H and O–H groups in total. The molecular formula is C20H26O. The molecule has 1 aromatic carbocycles. The van der Waals surface area contributed by atoms with E-state index in [0.717, 1.165) is 12.2 Å². The Labute approximate surface area is 129 Å². The zero-order valence-electron chi connectivity index (χ0n) is 13.6. The summed E-state index contributed by atoms with van der Waals surface area (Å²) in [5, 5.41) is 0. The standard InChI is InChI=1S/C20H26O/c1-6-17(4)15-19(14-16(2)3)9-7-8-18-10-12-20(21-5)13-11-18/h6-8,10-15,19H,1,9H2,2-5H3/b8-7+,17-15-. The fourth-order valence-electron chi connectivity index (χ4n) is 2.09. The third-order valence-corrected chi connectivity index (χ3v) is 3.18. The highest BCUT2D eigenvalue weighted by Crippen LogP contribution is 2.16. The molecule has 0 fully saturated rings. The van der Waals surface area contributed by atoms with Crippen LogP contribution in [0.3, 0.4) is 0 Å². The molecule has 1 heteroatoms. The Hall–Kier alpha value is -2.02. The number of hydrogen-bond donors (Lipinski definition) is 0. The minimum Gasteiger partial charge on any atom is -0.497 e. The van der Waals surface area contributed by atoms with E-state index in [2.05, 4.69) is 63.8 Å². The topological polar surface area (TPSA) is 9.23 Å². The Kier molecular flexibility index (Phi) is 7.31. The smallest absolute Gasteiger partial charge is 0.118 e. The van der Waals surface area contributed by atoms with E-state index < -0.39 is 0 Å². The second-order valence-electron chi connectivity index (χ2n) is 5.43. The number of allylic oxidation sites excluding steroid dienone is 6. The van der Waals surface area contributed by atoms with Gasteiger partial charge in [0.25, 0.3) is 0 Å². The fraction of sp³-hybridized carbons (Fsp3) is 0.300. The van der Waals surface area contributed by atoms with E-state index in [9.17, 15) is 0 Å². The van der Waals surface area contributed by atoms with E-state index in [1.807, 2.05) is 18.2 Å². The monoisotopic (exact) mass is 282 g/mol. The molecule has 0 saturated carbocycles. The minimum absolute atomic E-state index is 0.419. The summed E-state index contributed by atoms with van der Waals surface area (Å²) in [4.78, 5) is 0. The van der Waals surface area contributed by atoms with Gasteiger partial charge in [-0.05, 0) is 50.8 Å². The highest BCUT2D eigenvalue weighted by atomic mass is 16.5. The molecule has 0 aliphatic heterocycles. The van der Waals surface area contributed by atoms with Crippen molar-refractivity contribution in [1.82, 2.24) is 0 Å². The average molecular weight is 282 g/mol. The van der Waals surface area contributed by atoms with Gasteiger partial charge in [-0.1, -0.05) is 60.2 Å². The normalized spacial score (nSPS) is 13.0. The van der Waals surface area contributed by atoms with Gasteiger partial charge in [-0.15, -0.1) is 0 Å². The molecule has 0 aromatic heterocycles. The third-order valence-electron chi connectivity index (χ3n) is 3.18. The quantitative estimate of drug-likeness (QED) is 0.452. The Morgan fingerprint density at radius 1 is 1.14 bits per heavy atom. The van der Waals surface area contributed by atoms with Gasteiger partial charge in [0.1, 0.15) is 5.75 Å². The maximum Gasteiger partial charge on any atom is 0.118 e. The van der Waals surface area contributed by atoms with Gasteiger partial charge in [-0.3, -0.25) is 0 Å². The third kappa shape index (κ3) is 6.80. The van der Waals surface area contributed by atoms with Crippen molar-refractivity contribution in [1.29, 1.82) is 0 Å². The second-order valence-corrected chi connectivity index (χ2v) is 5.43. The van der Waals surface area contributed by atoms with Crippen LogP contribution in [0.1, 0.15) is 32.8 Å². The van der Waals surface area contributed by atoms with E-state index in [4.69, 9.17) is 4.74 Å². The van der Waals surface area contributed by atoms with Gasteiger partial charge in [0.2, 0.25) is 0 Å². The first-order chi connectivity index (χ1) is 10.0. The molecule has 0 spiro atoms. The van der Waals surface area contributed by atoms with Gasteiger partial charge in [-0.25, -0.2) is 0 Å². The van der Waals surface area contributed by atoms with Gasteiger partial charge >= 0.3 is 0 Å². The maximum absolute atomic E-state index is 5.16. The van der Waals surface area contributed by atoms with Crippen molar-refractivity contribution in [3.05, 3.63) is 71.9 Å². The highest BCUT2D eigenvalue weighted by molar-refractivity contribution is 5.50. The van der Waals surface area contributed by atoms with Crippen molar-refractivity contribution in [2.75, 3.05) is 7.11 Å².